The molecule has 18 heavy (non-hydrogen) atoms. The summed E-state index contributed by atoms with van der Waals surface area (Å²) in [4.78, 5) is 1.68. The minimum absolute atomic E-state index is 0.0396. The number of nitriles is 1. The number of nitrogens with zero attached hydrogens (tertiary/aromatic N) is 2. The van der Waals surface area contributed by atoms with E-state index in [1.54, 1.807) is 17.9 Å². The standard InChI is InChI=1S/C11H8Cl2N2O2S/c1-6-9-8(15(5-4-14)11(6)13)3-2-7(12)10(9)18(16)17/h2-3,11H,5H2,1H3. The Kier molecular flexibility index (Phi) is 3.53. The molecule has 1 aliphatic carbocycles. The highest BCUT2D eigenvalue weighted by Gasteiger charge is 2.37. The summed E-state index contributed by atoms with van der Waals surface area (Å²) in [6.07, 6.45) is 3.18. The second-order valence-corrected chi connectivity index (χ2v) is 5.51. The van der Waals surface area contributed by atoms with Crippen LogP contribution in [0.3, 0.4) is 0 Å². The van der Waals surface area contributed by atoms with Crippen molar-refractivity contribution in [3.05, 3.63) is 34.0 Å². The van der Waals surface area contributed by atoms with Crippen LogP contribution in [0.5, 0.6) is 0 Å². The molecule has 0 N–H and O–H groups in total. The Balaban J connectivity index is 2.69. The van der Waals surface area contributed by atoms with Gasteiger partial charge in [0.05, 0.1) is 11.1 Å². The van der Waals surface area contributed by atoms with E-state index in [1.807, 2.05) is 6.07 Å². The van der Waals surface area contributed by atoms with Crippen molar-refractivity contribution in [1.29, 1.82) is 5.26 Å². The Labute approximate surface area is 116 Å². The second kappa shape index (κ2) is 4.81. The molecule has 1 heterocycles. The molecule has 0 spiro atoms. The minimum atomic E-state index is -2.45. The van der Waals surface area contributed by atoms with E-state index >= 15 is 0 Å². The van der Waals surface area contributed by atoms with Gasteiger partial charge >= 0.3 is 0 Å². The van der Waals surface area contributed by atoms with E-state index in [1.165, 1.54) is 6.08 Å². The Morgan fingerprint density at radius 1 is 1.50 bits per heavy atom. The lowest BCUT2D eigenvalue weighted by Gasteiger charge is -2.23. The van der Waals surface area contributed by atoms with Crippen molar-refractivity contribution in [3.63, 3.8) is 0 Å². The van der Waals surface area contributed by atoms with Crippen LogP contribution in [-0.2, 0) is 10.3 Å². The van der Waals surface area contributed by atoms with Gasteiger partial charge < -0.3 is 4.90 Å². The number of allylic oxidation sites excluding steroid dienone is 4. The Morgan fingerprint density at radius 3 is 2.72 bits per heavy atom. The largest absolute Gasteiger partial charge is 0.338 e. The molecule has 2 aliphatic rings. The van der Waals surface area contributed by atoms with Crippen molar-refractivity contribution in [2.75, 3.05) is 6.54 Å². The molecule has 0 saturated carbocycles. The van der Waals surface area contributed by atoms with Crippen LogP contribution in [0, 0.1) is 11.3 Å². The second-order valence-electron chi connectivity index (χ2n) is 3.81. The van der Waals surface area contributed by atoms with Crippen LogP contribution >= 0.6 is 23.2 Å². The first kappa shape index (κ1) is 13.2. The molecule has 1 atom stereocenters. The number of rotatable bonds is 1. The first-order valence-electron chi connectivity index (χ1n) is 5.02. The third kappa shape index (κ3) is 1.87. The van der Waals surface area contributed by atoms with Gasteiger partial charge in [0.2, 0.25) is 10.3 Å². The highest BCUT2D eigenvalue weighted by Crippen LogP contribution is 2.39. The number of fused-ring (bicyclic) bond motifs is 1. The van der Waals surface area contributed by atoms with Crippen molar-refractivity contribution >= 4 is 38.4 Å². The minimum Gasteiger partial charge on any atom is -0.338 e. The molecule has 1 unspecified atom stereocenters. The van der Waals surface area contributed by atoms with Crippen LogP contribution in [0.15, 0.2) is 34.0 Å². The van der Waals surface area contributed by atoms with Crippen molar-refractivity contribution in [2.24, 2.45) is 0 Å². The zero-order valence-corrected chi connectivity index (χ0v) is 11.6. The third-order valence-corrected chi connectivity index (χ3v) is 4.58. The van der Waals surface area contributed by atoms with E-state index < -0.39 is 15.8 Å². The first-order chi connectivity index (χ1) is 8.49. The van der Waals surface area contributed by atoms with Gasteiger partial charge in [-0.15, -0.1) is 0 Å². The molecule has 2 rings (SSSR count). The summed E-state index contributed by atoms with van der Waals surface area (Å²) in [6.45, 7) is 1.83. The van der Waals surface area contributed by atoms with Crippen LogP contribution in [0.25, 0.3) is 0 Å². The molecule has 4 nitrogen and oxygen atoms in total. The summed E-state index contributed by atoms with van der Waals surface area (Å²) in [5.41, 5.74) is 1.28. The molecule has 7 heteroatoms. The predicted molar refractivity (Wildman–Crippen MR) is 70.6 cm³/mol. The van der Waals surface area contributed by atoms with E-state index in [9.17, 15) is 8.42 Å². The van der Waals surface area contributed by atoms with Gasteiger partial charge in [-0.1, -0.05) is 23.2 Å². The molecule has 0 amide bonds. The van der Waals surface area contributed by atoms with Crippen LogP contribution in [0.1, 0.15) is 6.92 Å². The molecule has 94 valence electrons. The molecule has 0 aromatic rings. The van der Waals surface area contributed by atoms with Crippen LogP contribution in [0.4, 0.5) is 0 Å². The van der Waals surface area contributed by atoms with Gasteiger partial charge in [-0.3, -0.25) is 0 Å². The van der Waals surface area contributed by atoms with Crippen molar-refractivity contribution < 1.29 is 8.42 Å². The molecule has 1 aliphatic heterocycles. The average molecular weight is 303 g/mol. The molecule has 0 bridgehead atoms. The third-order valence-electron chi connectivity index (χ3n) is 2.83. The normalized spacial score (nSPS) is 22.4. The van der Waals surface area contributed by atoms with E-state index in [0.29, 0.717) is 16.8 Å². The number of alkyl halides is 1. The summed E-state index contributed by atoms with van der Waals surface area (Å²) in [5.74, 6) is 0. The Morgan fingerprint density at radius 2 is 2.17 bits per heavy atom. The zero-order chi connectivity index (χ0) is 13.4. The fraction of sp³-hybridized carbons (Fsp3) is 0.273. The molecule has 0 aromatic carbocycles. The van der Waals surface area contributed by atoms with Crippen molar-refractivity contribution in [1.82, 2.24) is 4.90 Å². The van der Waals surface area contributed by atoms with Gasteiger partial charge in [0.15, 0.2) is 0 Å². The Bertz CT molecular complexity index is 672. The highest BCUT2D eigenvalue weighted by molar-refractivity contribution is 7.74. The lowest BCUT2D eigenvalue weighted by atomic mass is 10.0. The topological polar surface area (TPSA) is 61.2 Å². The lowest BCUT2D eigenvalue weighted by Crippen LogP contribution is -2.27. The average Bonchev–Trinajstić information content (AvgIpc) is 2.54. The highest BCUT2D eigenvalue weighted by atomic mass is 35.5. The SMILES string of the molecule is CC1=C2C(=CC=C(Cl)C2=S(=O)=O)N(CC#N)C1Cl. The zero-order valence-electron chi connectivity index (χ0n) is 9.31. The molecule has 0 radical (unpaired) electrons. The molecule has 0 aromatic heterocycles. The van der Waals surface area contributed by atoms with Crippen molar-refractivity contribution in [2.45, 2.75) is 12.4 Å². The summed E-state index contributed by atoms with van der Waals surface area (Å²) in [7, 11) is -2.45. The van der Waals surface area contributed by atoms with E-state index in [2.05, 4.69) is 0 Å². The van der Waals surface area contributed by atoms with Gasteiger partial charge in [-0.25, -0.2) is 0 Å². The lowest BCUT2D eigenvalue weighted by molar-refractivity contribution is 0.416. The Hall–Kier alpha value is -1.22. The first-order valence-corrected chi connectivity index (χ1v) is 6.91. The maximum atomic E-state index is 11.3. The summed E-state index contributed by atoms with van der Waals surface area (Å²) in [6, 6.07) is 2.01. The number of hydrogen-bond acceptors (Lipinski definition) is 4. The quantitative estimate of drug-likeness (QED) is 0.321. The summed E-state index contributed by atoms with van der Waals surface area (Å²) in [5, 5.41) is 8.94. The monoisotopic (exact) mass is 302 g/mol. The predicted octanol–water partition coefficient (Wildman–Crippen LogP) is 1.78. The molecule has 0 fully saturated rings. The van der Waals surface area contributed by atoms with Gasteiger partial charge in [-0.05, 0) is 24.6 Å². The maximum Gasteiger partial charge on any atom is 0.223 e. The van der Waals surface area contributed by atoms with Gasteiger partial charge in [0.1, 0.15) is 16.9 Å². The van der Waals surface area contributed by atoms with E-state index in [-0.39, 0.29) is 16.4 Å². The van der Waals surface area contributed by atoms with Gasteiger partial charge in [0.25, 0.3) is 0 Å². The van der Waals surface area contributed by atoms with Crippen LogP contribution in [0.2, 0.25) is 0 Å². The molecule has 0 saturated heterocycles. The summed E-state index contributed by atoms with van der Waals surface area (Å²) < 4.78 is 22.5. The van der Waals surface area contributed by atoms with Crippen LogP contribution in [-0.4, -0.2) is 30.2 Å². The smallest absolute Gasteiger partial charge is 0.223 e. The number of halogens is 2. The fourth-order valence-electron chi connectivity index (χ4n) is 2.05. The van der Waals surface area contributed by atoms with Gasteiger partial charge in [-0.2, -0.15) is 13.7 Å². The number of hydrogen-bond donors (Lipinski definition) is 0. The molecular formula is C11H8Cl2N2O2S. The maximum absolute atomic E-state index is 11.3. The van der Waals surface area contributed by atoms with Crippen LogP contribution < -0.4 is 0 Å². The molecular weight excluding hydrogens is 295 g/mol. The van der Waals surface area contributed by atoms with Gasteiger partial charge in [0, 0.05) is 11.3 Å². The van der Waals surface area contributed by atoms with Crippen molar-refractivity contribution in [3.8, 4) is 6.07 Å². The summed E-state index contributed by atoms with van der Waals surface area (Å²) >= 11 is 12.1. The fourth-order valence-corrected chi connectivity index (χ4v) is 3.34. The van der Waals surface area contributed by atoms with E-state index in [0.717, 1.165) is 0 Å². The van der Waals surface area contributed by atoms with E-state index in [4.69, 9.17) is 28.5 Å².